The van der Waals surface area contributed by atoms with Gasteiger partial charge in [0.05, 0.1) is 22.1 Å². The van der Waals surface area contributed by atoms with Gasteiger partial charge < -0.3 is 9.47 Å². The molecule has 6 aromatic carbocycles. The minimum absolute atomic E-state index is 0.00121. The van der Waals surface area contributed by atoms with Crippen molar-refractivity contribution in [1.82, 2.24) is 9.55 Å². The summed E-state index contributed by atoms with van der Waals surface area (Å²) in [5.41, 5.74) is 10.3. The van der Waals surface area contributed by atoms with Crippen LogP contribution in [0, 0.1) is 0 Å². The first kappa shape index (κ1) is 27.1. The van der Waals surface area contributed by atoms with E-state index in [9.17, 15) is 0 Å². The molecule has 0 saturated carbocycles. The molecule has 2 aliphatic rings. The van der Waals surface area contributed by atoms with Crippen molar-refractivity contribution in [2.45, 2.75) is 39.5 Å². The summed E-state index contributed by atoms with van der Waals surface area (Å²) >= 11 is 0. The summed E-state index contributed by atoms with van der Waals surface area (Å²) in [6, 6.07) is 40.7. The molecular formula is C41H33BN2O2. The Morgan fingerprint density at radius 2 is 1.26 bits per heavy atom. The first-order valence-electron chi connectivity index (χ1n) is 16.2. The van der Waals surface area contributed by atoms with Crippen LogP contribution in [0.1, 0.15) is 50.7 Å². The Labute approximate surface area is 269 Å². The van der Waals surface area contributed by atoms with Gasteiger partial charge in [0, 0.05) is 11.0 Å². The maximum absolute atomic E-state index is 7.00. The molecule has 4 nitrogen and oxygen atoms in total. The van der Waals surface area contributed by atoms with Crippen molar-refractivity contribution in [2.24, 2.45) is 0 Å². The van der Waals surface area contributed by atoms with Crippen LogP contribution < -0.4 is 25.9 Å². The van der Waals surface area contributed by atoms with Gasteiger partial charge in [-0.2, -0.15) is 0 Å². The summed E-state index contributed by atoms with van der Waals surface area (Å²) in [6.07, 6.45) is 0. The van der Waals surface area contributed by atoms with Crippen LogP contribution in [0.15, 0.2) is 115 Å². The maximum atomic E-state index is 7.00. The normalized spacial score (nSPS) is 13.0. The van der Waals surface area contributed by atoms with E-state index in [0.717, 1.165) is 72.6 Å². The molecule has 3 heterocycles. The number of aromatic nitrogens is 2. The summed E-state index contributed by atoms with van der Waals surface area (Å²) < 4.78 is 16.1. The molecule has 0 N–H and O–H groups in total. The standard InChI is InChI=1S/C41H33BN2O2/c1-24(2)28-15-12-16-29(25(3)4)38(28)44-39-32(43-41(44)26-13-6-5-7-14-26)22-21-27-23-35-37-40(36(27)39)46-34-20-11-9-18-31(34)42(37)30-17-8-10-19-33(30)45-35/h5-25H,1-4H3. The van der Waals surface area contributed by atoms with Gasteiger partial charge in [-0.1, -0.05) is 119 Å². The van der Waals surface area contributed by atoms with Crippen LogP contribution in [0.3, 0.4) is 0 Å². The highest BCUT2D eigenvalue weighted by molar-refractivity contribution is 6.98. The fourth-order valence-corrected chi connectivity index (χ4v) is 7.57. The van der Waals surface area contributed by atoms with Crippen LogP contribution in [-0.2, 0) is 0 Å². The van der Waals surface area contributed by atoms with Crippen LogP contribution >= 0.6 is 0 Å². The SMILES string of the molecule is CC(C)c1cccc(C(C)C)c1-n1c(-c2ccccc2)nc2ccc3cc4c5c(c3c21)Oc1ccccc1B5c1ccccc1O4. The molecule has 222 valence electrons. The third kappa shape index (κ3) is 3.84. The van der Waals surface area contributed by atoms with Gasteiger partial charge in [-0.05, 0) is 63.5 Å². The topological polar surface area (TPSA) is 36.3 Å². The van der Waals surface area contributed by atoms with Crippen LogP contribution in [0.25, 0.3) is 38.9 Å². The molecule has 7 aromatic rings. The number of hydrogen-bond donors (Lipinski definition) is 0. The molecule has 2 aliphatic heterocycles. The van der Waals surface area contributed by atoms with E-state index in [1.54, 1.807) is 0 Å². The third-order valence-electron chi connectivity index (χ3n) is 9.65. The van der Waals surface area contributed by atoms with Crippen LogP contribution in [0.4, 0.5) is 0 Å². The van der Waals surface area contributed by atoms with Gasteiger partial charge in [0.1, 0.15) is 28.8 Å². The van der Waals surface area contributed by atoms with Crippen LogP contribution in [0.2, 0.25) is 0 Å². The van der Waals surface area contributed by atoms with E-state index in [0.29, 0.717) is 11.8 Å². The number of hydrogen-bond acceptors (Lipinski definition) is 3. The summed E-state index contributed by atoms with van der Waals surface area (Å²) in [5.74, 6) is 5.03. The predicted octanol–water partition coefficient (Wildman–Crippen LogP) is 8.82. The fraction of sp³-hybridized carbons (Fsp3) is 0.146. The van der Waals surface area contributed by atoms with Gasteiger partial charge in [-0.3, -0.25) is 4.57 Å². The Bertz CT molecular complexity index is 2300. The second-order valence-electron chi connectivity index (χ2n) is 13.1. The Hall–Kier alpha value is -5.29. The van der Waals surface area contributed by atoms with Gasteiger partial charge in [0.25, 0.3) is 6.71 Å². The zero-order valence-electron chi connectivity index (χ0n) is 26.4. The lowest BCUT2D eigenvalue weighted by atomic mass is 9.34. The number of benzene rings is 6. The van der Waals surface area contributed by atoms with E-state index in [-0.39, 0.29) is 6.71 Å². The molecule has 0 saturated heterocycles. The van der Waals surface area contributed by atoms with Crippen LogP contribution in [-0.4, -0.2) is 16.3 Å². The van der Waals surface area contributed by atoms with E-state index in [4.69, 9.17) is 14.5 Å². The largest absolute Gasteiger partial charge is 0.458 e. The van der Waals surface area contributed by atoms with Crippen molar-refractivity contribution in [3.63, 3.8) is 0 Å². The van der Waals surface area contributed by atoms with Gasteiger partial charge in [0.15, 0.2) is 0 Å². The van der Waals surface area contributed by atoms with E-state index in [1.165, 1.54) is 16.8 Å². The first-order chi connectivity index (χ1) is 22.5. The Balaban J connectivity index is 1.47. The zero-order chi connectivity index (χ0) is 31.1. The Kier molecular flexibility index (Phi) is 5.95. The lowest BCUT2D eigenvalue weighted by Crippen LogP contribution is -2.57. The molecular weight excluding hydrogens is 563 g/mol. The minimum atomic E-state index is -0.00121. The highest BCUT2D eigenvalue weighted by atomic mass is 16.5. The molecule has 0 fully saturated rings. The summed E-state index contributed by atoms with van der Waals surface area (Å²) in [6.45, 7) is 9.12. The Morgan fingerprint density at radius 1 is 0.630 bits per heavy atom. The molecule has 0 atom stereocenters. The van der Waals surface area contributed by atoms with Crippen molar-refractivity contribution in [2.75, 3.05) is 0 Å². The number of rotatable bonds is 4. The van der Waals surface area contributed by atoms with Gasteiger partial charge >= 0.3 is 0 Å². The molecule has 0 unspecified atom stereocenters. The van der Waals surface area contributed by atoms with Gasteiger partial charge in [-0.15, -0.1) is 0 Å². The number of ether oxygens (including phenoxy) is 2. The quantitative estimate of drug-likeness (QED) is 0.191. The molecule has 5 heteroatoms. The van der Waals surface area contributed by atoms with Crippen molar-refractivity contribution in [1.29, 1.82) is 0 Å². The fourth-order valence-electron chi connectivity index (χ4n) is 7.57. The van der Waals surface area contributed by atoms with Crippen molar-refractivity contribution < 1.29 is 9.47 Å². The maximum Gasteiger partial charge on any atom is 0.260 e. The molecule has 0 spiro atoms. The minimum Gasteiger partial charge on any atom is -0.458 e. The van der Waals surface area contributed by atoms with E-state index < -0.39 is 0 Å². The molecule has 0 amide bonds. The van der Waals surface area contributed by atoms with Crippen molar-refractivity contribution in [3.05, 3.63) is 126 Å². The van der Waals surface area contributed by atoms with Crippen LogP contribution in [0.5, 0.6) is 23.0 Å². The number of nitrogens with zero attached hydrogens (tertiary/aromatic N) is 2. The molecule has 0 aliphatic carbocycles. The highest BCUT2D eigenvalue weighted by Crippen LogP contribution is 2.45. The Morgan fingerprint density at radius 3 is 1.93 bits per heavy atom. The zero-order valence-corrected chi connectivity index (χ0v) is 26.4. The monoisotopic (exact) mass is 596 g/mol. The van der Waals surface area contributed by atoms with Gasteiger partial charge in [-0.25, -0.2) is 4.98 Å². The van der Waals surface area contributed by atoms with Crippen molar-refractivity contribution in [3.8, 4) is 40.1 Å². The molecule has 0 bridgehead atoms. The average Bonchev–Trinajstić information content (AvgIpc) is 3.47. The smallest absolute Gasteiger partial charge is 0.260 e. The van der Waals surface area contributed by atoms with Gasteiger partial charge in [0.2, 0.25) is 0 Å². The van der Waals surface area contributed by atoms with E-state index >= 15 is 0 Å². The summed E-state index contributed by atoms with van der Waals surface area (Å²) in [4.78, 5) is 5.39. The number of para-hydroxylation sites is 3. The lowest BCUT2D eigenvalue weighted by molar-refractivity contribution is 0.468. The third-order valence-corrected chi connectivity index (χ3v) is 9.65. The van der Waals surface area contributed by atoms with E-state index in [2.05, 4.69) is 141 Å². The predicted molar refractivity (Wildman–Crippen MR) is 190 cm³/mol. The summed E-state index contributed by atoms with van der Waals surface area (Å²) in [5, 5.41) is 2.12. The molecule has 0 radical (unpaired) electrons. The highest BCUT2D eigenvalue weighted by Gasteiger charge is 2.41. The van der Waals surface area contributed by atoms with E-state index in [1.807, 2.05) is 6.07 Å². The average molecular weight is 597 g/mol. The second kappa shape index (κ2) is 10.1. The second-order valence-corrected chi connectivity index (χ2v) is 13.1. The lowest BCUT2D eigenvalue weighted by Gasteiger charge is -2.33. The molecule has 1 aromatic heterocycles. The van der Waals surface area contributed by atoms with Crippen molar-refractivity contribution >= 4 is 44.9 Å². The number of imidazole rings is 1. The molecule has 9 rings (SSSR count). The molecule has 46 heavy (non-hydrogen) atoms. The number of fused-ring (bicyclic) bond motifs is 8. The first-order valence-corrected chi connectivity index (χ1v) is 16.2. The summed E-state index contributed by atoms with van der Waals surface area (Å²) in [7, 11) is 0.